The highest BCUT2D eigenvalue weighted by Gasteiger charge is 2.28. The number of rotatable bonds is 4. The first-order chi connectivity index (χ1) is 8.33. The first-order valence-electron chi connectivity index (χ1n) is 7.20. The maximum atomic E-state index is 12.2. The lowest BCUT2D eigenvalue weighted by molar-refractivity contribution is -0.134. The van der Waals surface area contributed by atoms with E-state index in [1.165, 1.54) is 0 Å². The highest BCUT2D eigenvalue weighted by atomic mass is 16.3. The molecular formula is C15H29NO2. The molecule has 0 radical (unpaired) electrons. The molecule has 1 saturated carbocycles. The molecular weight excluding hydrogens is 226 g/mol. The van der Waals surface area contributed by atoms with E-state index in [1.807, 2.05) is 11.9 Å². The van der Waals surface area contributed by atoms with Crippen molar-refractivity contribution >= 4 is 5.91 Å². The average molecular weight is 255 g/mol. The number of aliphatic hydroxyl groups excluding tert-OH is 1. The normalized spacial score (nSPS) is 24.9. The summed E-state index contributed by atoms with van der Waals surface area (Å²) in [4.78, 5) is 14.1. The molecule has 0 saturated heterocycles. The summed E-state index contributed by atoms with van der Waals surface area (Å²) in [5.41, 5.74) is 0.0689. The molecule has 1 fully saturated rings. The number of aliphatic hydroxyl groups is 1. The van der Waals surface area contributed by atoms with Gasteiger partial charge in [0.25, 0.3) is 0 Å². The molecule has 0 aliphatic heterocycles. The summed E-state index contributed by atoms with van der Waals surface area (Å²) in [5.74, 6) is 0.936. The van der Waals surface area contributed by atoms with Crippen LogP contribution in [-0.4, -0.2) is 35.6 Å². The summed E-state index contributed by atoms with van der Waals surface area (Å²) in [6, 6.07) is 0.412. The molecule has 18 heavy (non-hydrogen) atoms. The van der Waals surface area contributed by atoms with E-state index >= 15 is 0 Å². The van der Waals surface area contributed by atoms with Crippen molar-refractivity contribution < 1.29 is 9.90 Å². The molecule has 1 aliphatic rings. The molecule has 0 heterocycles. The Kier molecular flexibility index (Phi) is 5.64. The number of carbonyl (C=O) groups excluding carboxylic acids is 1. The van der Waals surface area contributed by atoms with Gasteiger partial charge >= 0.3 is 0 Å². The van der Waals surface area contributed by atoms with Gasteiger partial charge in [-0.1, -0.05) is 20.8 Å². The molecule has 0 unspecified atom stereocenters. The van der Waals surface area contributed by atoms with Crippen molar-refractivity contribution in [3.8, 4) is 0 Å². The number of nitrogens with zero attached hydrogens (tertiary/aromatic N) is 1. The van der Waals surface area contributed by atoms with E-state index in [1.54, 1.807) is 0 Å². The second kappa shape index (κ2) is 6.55. The van der Waals surface area contributed by atoms with Crippen molar-refractivity contribution in [3.05, 3.63) is 0 Å². The van der Waals surface area contributed by atoms with Crippen LogP contribution in [0.4, 0.5) is 0 Å². The number of hydrogen-bond donors (Lipinski definition) is 1. The Morgan fingerprint density at radius 1 is 1.22 bits per heavy atom. The summed E-state index contributed by atoms with van der Waals surface area (Å²) in [5, 5.41) is 8.94. The van der Waals surface area contributed by atoms with E-state index in [4.69, 9.17) is 5.11 Å². The fraction of sp³-hybridized carbons (Fsp3) is 0.933. The van der Waals surface area contributed by atoms with Crippen LogP contribution >= 0.6 is 0 Å². The van der Waals surface area contributed by atoms with E-state index in [0.29, 0.717) is 25.0 Å². The molecule has 0 aromatic rings. The van der Waals surface area contributed by atoms with Crippen molar-refractivity contribution in [2.75, 3.05) is 13.7 Å². The van der Waals surface area contributed by atoms with Gasteiger partial charge in [0.15, 0.2) is 0 Å². The highest BCUT2D eigenvalue weighted by Crippen LogP contribution is 2.30. The van der Waals surface area contributed by atoms with E-state index in [9.17, 15) is 4.79 Å². The molecule has 1 aliphatic carbocycles. The number of amides is 1. The van der Waals surface area contributed by atoms with Gasteiger partial charge in [-0.15, -0.1) is 0 Å². The van der Waals surface area contributed by atoms with Crippen LogP contribution in [0.2, 0.25) is 0 Å². The number of carbonyl (C=O) groups is 1. The second-order valence-corrected chi connectivity index (χ2v) is 6.93. The molecule has 0 aromatic heterocycles. The van der Waals surface area contributed by atoms with Gasteiger partial charge < -0.3 is 10.0 Å². The van der Waals surface area contributed by atoms with Gasteiger partial charge in [0.05, 0.1) is 0 Å². The van der Waals surface area contributed by atoms with Crippen LogP contribution in [-0.2, 0) is 4.79 Å². The predicted molar refractivity (Wildman–Crippen MR) is 74.3 cm³/mol. The second-order valence-electron chi connectivity index (χ2n) is 6.93. The number of hydrogen-bond acceptors (Lipinski definition) is 2. The maximum Gasteiger partial charge on any atom is 0.223 e. The lowest BCUT2D eigenvalue weighted by Crippen LogP contribution is -2.40. The molecule has 3 nitrogen and oxygen atoms in total. The van der Waals surface area contributed by atoms with E-state index in [0.717, 1.165) is 32.1 Å². The van der Waals surface area contributed by atoms with Crippen LogP contribution in [0, 0.1) is 11.3 Å². The van der Waals surface area contributed by atoms with Crippen LogP contribution < -0.4 is 0 Å². The quantitative estimate of drug-likeness (QED) is 0.839. The molecule has 0 atom stereocenters. The van der Waals surface area contributed by atoms with Crippen LogP contribution in [0.15, 0.2) is 0 Å². The lowest BCUT2D eigenvalue weighted by Gasteiger charge is -2.35. The molecule has 1 rings (SSSR count). The Balaban J connectivity index is 2.40. The minimum absolute atomic E-state index is 0.0689. The monoisotopic (exact) mass is 255 g/mol. The molecule has 0 bridgehead atoms. The third-order valence-electron chi connectivity index (χ3n) is 3.98. The minimum Gasteiger partial charge on any atom is -0.396 e. The molecule has 0 spiro atoms. The zero-order valence-electron chi connectivity index (χ0n) is 12.4. The third-order valence-corrected chi connectivity index (χ3v) is 3.98. The largest absolute Gasteiger partial charge is 0.396 e. The molecule has 3 heteroatoms. The topological polar surface area (TPSA) is 40.5 Å². The highest BCUT2D eigenvalue weighted by molar-refractivity contribution is 5.76. The Morgan fingerprint density at radius 3 is 2.22 bits per heavy atom. The summed E-state index contributed by atoms with van der Waals surface area (Å²) >= 11 is 0. The van der Waals surface area contributed by atoms with Crippen molar-refractivity contribution in [2.45, 2.75) is 65.3 Å². The van der Waals surface area contributed by atoms with E-state index < -0.39 is 0 Å². The SMILES string of the molecule is CN(C(=O)CC(C)(C)C)C1CCC(CCO)CC1. The van der Waals surface area contributed by atoms with Gasteiger partial charge in [0.1, 0.15) is 0 Å². The molecule has 1 N–H and O–H groups in total. The Morgan fingerprint density at radius 2 is 1.78 bits per heavy atom. The fourth-order valence-corrected chi connectivity index (χ4v) is 2.79. The average Bonchev–Trinajstić information content (AvgIpc) is 2.27. The third kappa shape index (κ3) is 4.97. The summed E-state index contributed by atoms with van der Waals surface area (Å²) < 4.78 is 0. The standard InChI is InChI=1S/C15H29NO2/c1-15(2,3)11-14(18)16(4)13-7-5-12(6-8-13)9-10-17/h12-13,17H,5-11H2,1-4H3. The lowest BCUT2D eigenvalue weighted by atomic mass is 9.83. The maximum absolute atomic E-state index is 12.2. The van der Waals surface area contributed by atoms with Gasteiger partial charge in [-0.05, 0) is 43.4 Å². The van der Waals surface area contributed by atoms with Crippen LogP contribution in [0.5, 0.6) is 0 Å². The zero-order chi connectivity index (χ0) is 13.8. The van der Waals surface area contributed by atoms with Crippen LogP contribution in [0.25, 0.3) is 0 Å². The van der Waals surface area contributed by atoms with Crippen molar-refractivity contribution in [2.24, 2.45) is 11.3 Å². The molecule has 106 valence electrons. The minimum atomic E-state index is 0.0689. The molecule has 0 aromatic carbocycles. The fourth-order valence-electron chi connectivity index (χ4n) is 2.79. The predicted octanol–water partition coefficient (Wildman–Crippen LogP) is 2.82. The van der Waals surface area contributed by atoms with Crippen LogP contribution in [0.1, 0.15) is 59.3 Å². The van der Waals surface area contributed by atoms with Gasteiger partial charge in [0.2, 0.25) is 5.91 Å². The van der Waals surface area contributed by atoms with E-state index in [2.05, 4.69) is 20.8 Å². The van der Waals surface area contributed by atoms with Crippen molar-refractivity contribution in [1.82, 2.24) is 4.90 Å². The summed E-state index contributed by atoms with van der Waals surface area (Å²) in [7, 11) is 1.95. The zero-order valence-corrected chi connectivity index (χ0v) is 12.4. The Hall–Kier alpha value is -0.570. The van der Waals surface area contributed by atoms with E-state index in [-0.39, 0.29) is 11.3 Å². The first-order valence-corrected chi connectivity index (χ1v) is 7.20. The smallest absolute Gasteiger partial charge is 0.223 e. The van der Waals surface area contributed by atoms with Crippen LogP contribution in [0.3, 0.4) is 0 Å². The Bertz CT molecular complexity index is 262. The van der Waals surface area contributed by atoms with Gasteiger partial charge in [-0.2, -0.15) is 0 Å². The summed E-state index contributed by atoms with van der Waals surface area (Å²) in [6.45, 7) is 6.62. The van der Waals surface area contributed by atoms with Crippen molar-refractivity contribution in [1.29, 1.82) is 0 Å². The molecule has 1 amide bonds. The van der Waals surface area contributed by atoms with Gasteiger partial charge in [0, 0.05) is 26.1 Å². The van der Waals surface area contributed by atoms with Gasteiger partial charge in [-0.25, -0.2) is 0 Å². The Labute approximate surface area is 112 Å². The summed E-state index contributed by atoms with van der Waals surface area (Å²) in [6.07, 6.45) is 6.04. The first kappa shape index (κ1) is 15.5. The van der Waals surface area contributed by atoms with Crippen molar-refractivity contribution in [3.63, 3.8) is 0 Å². The van der Waals surface area contributed by atoms with Gasteiger partial charge in [-0.3, -0.25) is 4.79 Å².